The maximum absolute atomic E-state index is 13.5. The second-order valence-corrected chi connectivity index (χ2v) is 9.96. The molecule has 34 heavy (non-hydrogen) atoms. The summed E-state index contributed by atoms with van der Waals surface area (Å²) in [6.45, 7) is 4.63. The monoisotopic (exact) mass is 461 g/mol. The van der Waals surface area contributed by atoms with Crippen molar-refractivity contribution in [3.05, 3.63) is 94.6 Å². The lowest BCUT2D eigenvalue weighted by atomic mass is 9.52. The first-order chi connectivity index (χ1) is 16.4. The smallest absolute Gasteiger partial charge is 0.123 e. The first-order valence-electron chi connectivity index (χ1n) is 12.2. The Kier molecular flexibility index (Phi) is 5.95. The van der Waals surface area contributed by atoms with Gasteiger partial charge in [-0.2, -0.15) is 0 Å². The second-order valence-electron chi connectivity index (χ2n) is 9.96. The van der Waals surface area contributed by atoms with E-state index in [9.17, 15) is 14.6 Å². The van der Waals surface area contributed by atoms with Gasteiger partial charge in [0.05, 0.1) is 6.10 Å². The molecule has 0 amide bonds. The highest BCUT2D eigenvalue weighted by atomic mass is 19.1. The molecule has 1 aromatic heterocycles. The molecule has 1 fully saturated rings. The van der Waals surface area contributed by atoms with Gasteiger partial charge in [-0.25, -0.2) is 4.39 Å². The maximum atomic E-state index is 13.5. The fraction of sp³-hybridized carbons (Fsp3) is 0.414. The van der Waals surface area contributed by atoms with Crippen LogP contribution in [0.1, 0.15) is 60.6 Å². The van der Waals surface area contributed by atoms with Gasteiger partial charge in [-0.15, -0.1) is 0 Å². The van der Waals surface area contributed by atoms with E-state index in [1.165, 1.54) is 23.3 Å². The number of hydrogen-bond acceptors (Lipinski definition) is 4. The molecule has 178 valence electrons. The lowest BCUT2D eigenvalue weighted by Crippen LogP contribution is -2.56. The van der Waals surface area contributed by atoms with E-state index in [2.05, 4.69) is 24.0 Å². The summed E-state index contributed by atoms with van der Waals surface area (Å²) in [6.07, 6.45) is 4.52. The van der Waals surface area contributed by atoms with Crippen molar-refractivity contribution in [1.82, 2.24) is 4.98 Å². The topological polar surface area (TPSA) is 62.6 Å². The summed E-state index contributed by atoms with van der Waals surface area (Å²) in [6, 6.07) is 16.2. The van der Waals surface area contributed by atoms with Gasteiger partial charge in [0, 0.05) is 22.9 Å². The van der Waals surface area contributed by atoms with E-state index in [0.29, 0.717) is 25.0 Å². The minimum Gasteiger partial charge on any atom is -0.489 e. The third-order valence-electron chi connectivity index (χ3n) is 8.31. The van der Waals surface area contributed by atoms with Crippen molar-refractivity contribution in [3.63, 3.8) is 0 Å². The molecule has 0 spiro atoms. The molecule has 5 heteroatoms. The Balaban J connectivity index is 1.41. The minimum absolute atomic E-state index is 0.197. The van der Waals surface area contributed by atoms with Gasteiger partial charge in [-0.1, -0.05) is 31.2 Å². The summed E-state index contributed by atoms with van der Waals surface area (Å²) >= 11 is 0. The Morgan fingerprint density at radius 1 is 1.12 bits per heavy atom. The molecule has 4 unspecified atom stereocenters. The average Bonchev–Trinajstić information content (AvgIpc) is 2.84. The van der Waals surface area contributed by atoms with Gasteiger partial charge in [0.15, 0.2) is 0 Å². The molecule has 0 bridgehead atoms. The fourth-order valence-corrected chi connectivity index (χ4v) is 6.28. The van der Waals surface area contributed by atoms with Crippen LogP contribution in [0.15, 0.2) is 60.8 Å². The summed E-state index contributed by atoms with van der Waals surface area (Å²) < 4.78 is 19.6. The molecule has 1 heterocycles. The molecule has 3 aromatic rings. The number of ether oxygens (including phenoxy) is 1. The molecule has 2 aliphatic carbocycles. The number of benzene rings is 2. The number of aromatic nitrogens is 1. The number of rotatable bonds is 5. The standard InChI is InChI=1S/C29H32FNO3/c1-3-28-17-27(32)29(33,22-8-10-24(30)11-9-22)16-23(28)7-6-20-15-25(12-13-26(20)28)34-18-21-5-4-14-31-19(21)2/h4-5,8-15,23,27,32-33H,3,6-7,16-18H2,1-2H3. The predicted molar refractivity (Wildman–Crippen MR) is 129 cm³/mol. The number of aliphatic hydroxyl groups excluding tert-OH is 1. The molecular weight excluding hydrogens is 429 g/mol. The normalized spacial score (nSPS) is 28.1. The van der Waals surface area contributed by atoms with Gasteiger partial charge in [-0.05, 0) is 92.0 Å². The Labute approximate surface area is 200 Å². The molecule has 4 atom stereocenters. The zero-order valence-electron chi connectivity index (χ0n) is 19.8. The van der Waals surface area contributed by atoms with Crippen LogP contribution in [-0.4, -0.2) is 21.3 Å². The van der Waals surface area contributed by atoms with Crippen LogP contribution in [0, 0.1) is 18.7 Å². The second kappa shape index (κ2) is 8.79. The van der Waals surface area contributed by atoms with Gasteiger partial charge in [0.25, 0.3) is 0 Å². The molecule has 2 aromatic carbocycles. The summed E-state index contributed by atoms with van der Waals surface area (Å²) in [5.41, 5.74) is 3.59. The number of aliphatic hydroxyl groups is 2. The fourth-order valence-electron chi connectivity index (χ4n) is 6.28. The zero-order chi connectivity index (χ0) is 23.9. The minimum atomic E-state index is -1.36. The summed E-state index contributed by atoms with van der Waals surface area (Å²) in [5.74, 6) is 0.725. The SMILES string of the molecule is CCC12CC(O)C(O)(c3ccc(F)cc3)CC1CCc1cc(OCc3cccnc3C)ccc12. The van der Waals surface area contributed by atoms with Gasteiger partial charge >= 0.3 is 0 Å². The highest BCUT2D eigenvalue weighted by Crippen LogP contribution is 2.56. The number of hydrogen-bond donors (Lipinski definition) is 2. The van der Waals surface area contributed by atoms with Crippen molar-refractivity contribution < 1.29 is 19.3 Å². The van der Waals surface area contributed by atoms with Crippen molar-refractivity contribution in [2.24, 2.45) is 5.92 Å². The first-order valence-corrected chi connectivity index (χ1v) is 12.2. The van der Waals surface area contributed by atoms with Crippen LogP contribution in [-0.2, 0) is 24.0 Å². The van der Waals surface area contributed by atoms with Crippen molar-refractivity contribution in [1.29, 1.82) is 0 Å². The van der Waals surface area contributed by atoms with Crippen molar-refractivity contribution in [2.45, 2.75) is 69.7 Å². The van der Waals surface area contributed by atoms with E-state index in [-0.39, 0.29) is 17.2 Å². The quantitative estimate of drug-likeness (QED) is 0.537. The number of pyridine rings is 1. The molecule has 2 N–H and O–H groups in total. The summed E-state index contributed by atoms with van der Waals surface area (Å²) in [4.78, 5) is 4.33. The van der Waals surface area contributed by atoms with Crippen molar-refractivity contribution in [2.75, 3.05) is 0 Å². The van der Waals surface area contributed by atoms with Gasteiger partial charge < -0.3 is 14.9 Å². The van der Waals surface area contributed by atoms with Crippen LogP contribution in [0.5, 0.6) is 5.75 Å². The van der Waals surface area contributed by atoms with Crippen LogP contribution >= 0.6 is 0 Å². The zero-order valence-corrected chi connectivity index (χ0v) is 19.8. The Bertz CT molecular complexity index is 1180. The van der Waals surface area contributed by atoms with E-state index in [1.54, 1.807) is 18.3 Å². The van der Waals surface area contributed by atoms with Gasteiger partial charge in [-0.3, -0.25) is 4.98 Å². The first kappa shape index (κ1) is 23.0. The number of halogens is 1. The summed E-state index contributed by atoms with van der Waals surface area (Å²) in [5, 5.41) is 22.8. The van der Waals surface area contributed by atoms with E-state index in [4.69, 9.17) is 4.74 Å². The number of nitrogens with zero attached hydrogens (tertiary/aromatic N) is 1. The number of aryl methyl sites for hydroxylation is 2. The van der Waals surface area contributed by atoms with Crippen LogP contribution in [0.2, 0.25) is 0 Å². The molecule has 0 aliphatic heterocycles. The van der Waals surface area contributed by atoms with Crippen LogP contribution in [0.25, 0.3) is 0 Å². The lowest BCUT2D eigenvalue weighted by Gasteiger charge is -2.55. The van der Waals surface area contributed by atoms with E-state index in [0.717, 1.165) is 36.3 Å². The molecule has 2 aliphatic rings. The predicted octanol–water partition coefficient (Wildman–Crippen LogP) is 5.36. The molecular formula is C29H32FNO3. The molecule has 0 saturated heterocycles. The van der Waals surface area contributed by atoms with Crippen LogP contribution < -0.4 is 4.74 Å². The van der Waals surface area contributed by atoms with Crippen molar-refractivity contribution in [3.8, 4) is 5.75 Å². The third kappa shape index (κ3) is 3.81. The summed E-state index contributed by atoms with van der Waals surface area (Å²) in [7, 11) is 0. The maximum Gasteiger partial charge on any atom is 0.123 e. The molecule has 0 radical (unpaired) electrons. The van der Waals surface area contributed by atoms with E-state index in [1.807, 2.05) is 25.1 Å². The Morgan fingerprint density at radius 2 is 1.91 bits per heavy atom. The van der Waals surface area contributed by atoms with E-state index < -0.39 is 11.7 Å². The number of fused-ring (bicyclic) bond motifs is 3. The van der Waals surface area contributed by atoms with Crippen LogP contribution in [0.3, 0.4) is 0 Å². The van der Waals surface area contributed by atoms with Crippen LogP contribution in [0.4, 0.5) is 4.39 Å². The largest absolute Gasteiger partial charge is 0.489 e. The van der Waals surface area contributed by atoms with Gasteiger partial charge in [0.2, 0.25) is 0 Å². The lowest BCUT2D eigenvalue weighted by molar-refractivity contribution is -0.146. The molecule has 1 saturated carbocycles. The Hall–Kier alpha value is -2.76. The highest BCUT2D eigenvalue weighted by molar-refractivity contribution is 5.44. The Morgan fingerprint density at radius 3 is 2.65 bits per heavy atom. The molecule has 5 rings (SSSR count). The van der Waals surface area contributed by atoms with E-state index >= 15 is 0 Å². The van der Waals surface area contributed by atoms with Crippen molar-refractivity contribution >= 4 is 0 Å². The average molecular weight is 462 g/mol. The van der Waals surface area contributed by atoms with Gasteiger partial charge in [0.1, 0.15) is 23.8 Å². The highest BCUT2D eigenvalue weighted by Gasteiger charge is 2.55. The molecule has 4 nitrogen and oxygen atoms in total. The third-order valence-corrected chi connectivity index (χ3v) is 8.31.